The molecule has 0 N–H and O–H groups in total. The highest BCUT2D eigenvalue weighted by Gasteiger charge is 2.31. The smallest absolute Gasteiger partial charge is 0.260 e. The van der Waals surface area contributed by atoms with Gasteiger partial charge in [-0.2, -0.15) is 0 Å². The van der Waals surface area contributed by atoms with Crippen molar-refractivity contribution in [2.75, 3.05) is 52.6 Å². The highest BCUT2D eigenvalue weighted by Crippen LogP contribution is 2.33. The maximum absolute atomic E-state index is 12.9. The van der Waals surface area contributed by atoms with Crippen LogP contribution in [-0.4, -0.2) is 79.2 Å². The summed E-state index contributed by atoms with van der Waals surface area (Å²) >= 11 is 0. The average Bonchev–Trinajstić information content (AvgIpc) is 3.29. The summed E-state index contributed by atoms with van der Waals surface area (Å²) in [6.07, 6.45) is 0. The number of fused-ring (bicyclic) bond motifs is 1. The van der Waals surface area contributed by atoms with Crippen LogP contribution in [0.5, 0.6) is 11.5 Å². The highest BCUT2D eigenvalue weighted by atomic mass is 16.7. The fourth-order valence-corrected chi connectivity index (χ4v) is 3.35. The molecular weight excluding hydrogens is 308 g/mol. The van der Waals surface area contributed by atoms with Crippen LogP contribution in [0.1, 0.15) is 17.3 Å². The summed E-state index contributed by atoms with van der Waals surface area (Å²) < 4.78 is 10.7. The highest BCUT2D eigenvalue weighted by molar-refractivity contribution is 6.06. The van der Waals surface area contributed by atoms with Gasteiger partial charge in [-0.15, -0.1) is 0 Å². The van der Waals surface area contributed by atoms with Crippen LogP contribution in [0.15, 0.2) is 23.2 Å². The van der Waals surface area contributed by atoms with Crippen molar-refractivity contribution in [3.8, 4) is 11.5 Å². The number of guanidine groups is 1. The van der Waals surface area contributed by atoms with E-state index in [4.69, 9.17) is 9.47 Å². The Morgan fingerprint density at radius 3 is 2.71 bits per heavy atom. The Kier molecular flexibility index (Phi) is 4.02. The second-order valence-electron chi connectivity index (χ2n) is 6.13. The molecule has 7 heteroatoms. The van der Waals surface area contributed by atoms with Gasteiger partial charge >= 0.3 is 0 Å². The molecule has 0 spiro atoms. The number of piperazine rings is 1. The first-order valence-electron chi connectivity index (χ1n) is 8.49. The predicted octanol–water partition coefficient (Wildman–Crippen LogP) is 0.865. The normalized spacial score (nSPS) is 20.5. The van der Waals surface area contributed by atoms with Crippen LogP contribution in [0.2, 0.25) is 0 Å². The van der Waals surface area contributed by atoms with Crippen LogP contribution < -0.4 is 9.47 Å². The molecule has 1 aromatic carbocycles. The van der Waals surface area contributed by atoms with Crippen LogP contribution in [-0.2, 0) is 0 Å². The van der Waals surface area contributed by atoms with E-state index in [0.717, 1.165) is 38.7 Å². The zero-order valence-electron chi connectivity index (χ0n) is 13.9. The molecule has 128 valence electrons. The first-order valence-corrected chi connectivity index (χ1v) is 8.49. The monoisotopic (exact) mass is 330 g/mol. The van der Waals surface area contributed by atoms with Crippen molar-refractivity contribution in [2.45, 2.75) is 6.92 Å². The zero-order valence-corrected chi connectivity index (χ0v) is 13.9. The van der Waals surface area contributed by atoms with Gasteiger partial charge in [0.1, 0.15) is 0 Å². The lowest BCUT2D eigenvalue weighted by atomic mass is 10.1. The summed E-state index contributed by atoms with van der Waals surface area (Å²) in [6, 6.07) is 5.35. The summed E-state index contributed by atoms with van der Waals surface area (Å²) in [5, 5.41) is 0. The van der Waals surface area contributed by atoms with Crippen molar-refractivity contribution in [3.63, 3.8) is 0 Å². The molecule has 0 aromatic heterocycles. The standard InChI is InChI=1S/C17H22N4O3/c1-2-19-7-9-20(10-8-19)17-18-5-6-21(17)16(22)13-3-4-14-15(11-13)24-12-23-14/h3-4,11H,2,5-10,12H2,1H3. The summed E-state index contributed by atoms with van der Waals surface area (Å²) in [6.45, 7) is 8.62. The SMILES string of the molecule is CCN1CCN(C2=NCCN2C(=O)c2ccc3c(c2)OCO3)CC1. The van der Waals surface area contributed by atoms with E-state index >= 15 is 0 Å². The van der Waals surface area contributed by atoms with Gasteiger partial charge in [0, 0.05) is 38.3 Å². The Balaban J connectivity index is 1.49. The molecule has 7 nitrogen and oxygen atoms in total. The second-order valence-corrected chi connectivity index (χ2v) is 6.13. The summed E-state index contributed by atoms with van der Waals surface area (Å²) in [7, 11) is 0. The molecule has 3 heterocycles. The van der Waals surface area contributed by atoms with E-state index in [1.54, 1.807) is 23.1 Å². The fraction of sp³-hybridized carbons (Fsp3) is 0.529. The summed E-state index contributed by atoms with van der Waals surface area (Å²) in [5.74, 6) is 2.11. The van der Waals surface area contributed by atoms with Gasteiger partial charge in [0.05, 0.1) is 6.54 Å². The van der Waals surface area contributed by atoms with Gasteiger partial charge in [0.15, 0.2) is 11.5 Å². The lowest BCUT2D eigenvalue weighted by Gasteiger charge is -2.37. The molecule has 1 saturated heterocycles. The second kappa shape index (κ2) is 6.32. The quantitative estimate of drug-likeness (QED) is 0.805. The summed E-state index contributed by atoms with van der Waals surface area (Å²) in [4.78, 5) is 23.9. The molecule has 0 aliphatic carbocycles. The maximum Gasteiger partial charge on any atom is 0.260 e. The van der Waals surface area contributed by atoms with Crippen LogP contribution in [0, 0.1) is 0 Å². The molecule has 0 unspecified atom stereocenters. The largest absolute Gasteiger partial charge is 0.454 e. The Hall–Kier alpha value is -2.28. The number of ether oxygens (including phenoxy) is 2. The molecule has 3 aliphatic heterocycles. The number of hydrogen-bond donors (Lipinski definition) is 0. The minimum atomic E-state index is -0.0255. The number of benzene rings is 1. The topological polar surface area (TPSA) is 57.6 Å². The molecule has 0 saturated carbocycles. The van der Waals surface area contributed by atoms with Gasteiger partial charge in [-0.3, -0.25) is 14.7 Å². The zero-order chi connectivity index (χ0) is 16.5. The van der Waals surface area contributed by atoms with E-state index in [9.17, 15) is 4.79 Å². The van der Waals surface area contributed by atoms with Gasteiger partial charge in [0.2, 0.25) is 12.8 Å². The number of likely N-dealkylation sites (N-methyl/N-ethyl adjacent to an activating group) is 1. The van der Waals surface area contributed by atoms with E-state index in [0.29, 0.717) is 30.2 Å². The number of hydrogen-bond acceptors (Lipinski definition) is 6. The number of carbonyl (C=O) groups is 1. The molecule has 0 radical (unpaired) electrons. The van der Waals surface area contributed by atoms with E-state index in [1.165, 1.54) is 0 Å². The molecule has 1 amide bonds. The number of aliphatic imine (C=N–C) groups is 1. The van der Waals surface area contributed by atoms with Gasteiger partial charge in [-0.1, -0.05) is 6.92 Å². The maximum atomic E-state index is 12.9. The molecular formula is C17H22N4O3. The molecule has 1 aromatic rings. The number of amides is 1. The lowest BCUT2D eigenvalue weighted by Crippen LogP contribution is -2.53. The van der Waals surface area contributed by atoms with E-state index in [2.05, 4.69) is 21.7 Å². The first-order chi connectivity index (χ1) is 11.8. The van der Waals surface area contributed by atoms with Crippen LogP contribution in [0.25, 0.3) is 0 Å². The van der Waals surface area contributed by atoms with Crippen LogP contribution in [0.3, 0.4) is 0 Å². The van der Waals surface area contributed by atoms with Crippen molar-refractivity contribution in [1.29, 1.82) is 0 Å². The van der Waals surface area contributed by atoms with Gasteiger partial charge in [-0.05, 0) is 24.7 Å². The van der Waals surface area contributed by atoms with Crippen molar-refractivity contribution < 1.29 is 14.3 Å². The number of rotatable bonds is 2. The van der Waals surface area contributed by atoms with E-state index < -0.39 is 0 Å². The minimum Gasteiger partial charge on any atom is -0.454 e. The fourth-order valence-electron chi connectivity index (χ4n) is 3.35. The first kappa shape index (κ1) is 15.3. The summed E-state index contributed by atoms with van der Waals surface area (Å²) in [5.41, 5.74) is 0.612. The van der Waals surface area contributed by atoms with E-state index in [-0.39, 0.29) is 12.7 Å². The molecule has 0 bridgehead atoms. The van der Waals surface area contributed by atoms with Crippen molar-refractivity contribution in [1.82, 2.24) is 14.7 Å². The third kappa shape index (κ3) is 2.69. The van der Waals surface area contributed by atoms with Gasteiger partial charge in [0.25, 0.3) is 5.91 Å². The Bertz CT molecular complexity index is 668. The molecule has 4 rings (SSSR count). The number of carbonyl (C=O) groups excluding carboxylic acids is 1. The predicted molar refractivity (Wildman–Crippen MR) is 89.6 cm³/mol. The van der Waals surface area contributed by atoms with Crippen LogP contribution in [0.4, 0.5) is 0 Å². The Morgan fingerprint density at radius 1 is 1.12 bits per heavy atom. The molecule has 3 aliphatic rings. The Morgan fingerprint density at radius 2 is 1.92 bits per heavy atom. The van der Waals surface area contributed by atoms with Crippen LogP contribution >= 0.6 is 0 Å². The lowest BCUT2D eigenvalue weighted by molar-refractivity contribution is 0.0833. The third-order valence-electron chi connectivity index (χ3n) is 4.79. The molecule has 24 heavy (non-hydrogen) atoms. The molecule has 1 fully saturated rings. The Labute approximate surface area is 141 Å². The van der Waals surface area contributed by atoms with Gasteiger partial charge in [-0.25, -0.2) is 0 Å². The van der Waals surface area contributed by atoms with Crippen molar-refractivity contribution in [3.05, 3.63) is 23.8 Å². The molecule has 0 atom stereocenters. The van der Waals surface area contributed by atoms with E-state index in [1.807, 2.05) is 0 Å². The average molecular weight is 330 g/mol. The van der Waals surface area contributed by atoms with Gasteiger partial charge < -0.3 is 19.3 Å². The number of nitrogens with zero attached hydrogens (tertiary/aromatic N) is 4. The third-order valence-corrected chi connectivity index (χ3v) is 4.79. The van der Waals surface area contributed by atoms with Crippen molar-refractivity contribution >= 4 is 11.9 Å². The minimum absolute atomic E-state index is 0.0255. The van der Waals surface area contributed by atoms with Crippen molar-refractivity contribution in [2.24, 2.45) is 4.99 Å².